The number of rotatable bonds is 7. The zero-order valence-corrected chi connectivity index (χ0v) is 13.2. The molecule has 110 valence electrons. The van der Waals surface area contributed by atoms with Gasteiger partial charge in [-0.1, -0.05) is 6.92 Å². The Kier molecular flexibility index (Phi) is 5.20. The second kappa shape index (κ2) is 6.90. The number of carbonyl (C=O) groups excluding carboxylic acids is 1. The maximum atomic E-state index is 12.2. The van der Waals surface area contributed by atoms with Crippen LogP contribution in [0.3, 0.4) is 0 Å². The predicted octanol–water partition coefficient (Wildman–Crippen LogP) is 2.96. The molecular formula is C15H22N2O2S. The molecule has 0 atom stereocenters. The molecule has 0 spiro atoms. The van der Waals surface area contributed by atoms with Crippen molar-refractivity contribution in [2.24, 2.45) is 7.05 Å². The first-order valence-electron chi connectivity index (χ1n) is 7.11. The van der Waals surface area contributed by atoms with Crippen LogP contribution in [-0.2, 0) is 18.2 Å². The molecule has 0 aromatic carbocycles. The molecule has 0 saturated heterocycles. The van der Waals surface area contributed by atoms with Gasteiger partial charge in [-0.2, -0.15) is 0 Å². The molecule has 0 fully saturated rings. The maximum Gasteiger partial charge on any atom is 0.267 e. The van der Waals surface area contributed by atoms with Crippen LogP contribution in [0.2, 0.25) is 0 Å². The van der Waals surface area contributed by atoms with Crippen LogP contribution in [0.4, 0.5) is 0 Å². The van der Waals surface area contributed by atoms with E-state index < -0.39 is 0 Å². The summed E-state index contributed by atoms with van der Waals surface area (Å²) in [6.07, 6.45) is 1.89. The zero-order valence-electron chi connectivity index (χ0n) is 12.4. The van der Waals surface area contributed by atoms with E-state index in [2.05, 4.69) is 18.3 Å². The van der Waals surface area contributed by atoms with Gasteiger partial charge in [0.2, 0.25) is 0 Å². The van der Waals surface area contributed by atoms with Gasteiger partial charge in [0, 0.05) is 31.7 Å². The largest absolute Gasteiger partial charge is 0.382 e. The predicted molar refractivity (Wildman–Crippen MR) is 83.6 cm³/mol. The van der Waals surface area contributed by atoms with E-state index in [-0.39, 0.29) is 5.91 Å². The van der Waals surface area contributed by atoms with Gasteiger partial charge in [0.1, 0.15) is 5.69 Å². The van der Waals surface area contributed by atoms with Crippen molar-refractivity contribution >= 4 is 27.5 Å². The van der Waals surface area contributed by atoms with Crippen LogP contribution in [0.1, 0.15) is 35.6 Å². The van der Waals surface area contributed by atoms with Crippen LogP contribution in [0.25, 0.3) is 10.2 Å². The summed E-state index contributed by atoms with van der Waals surface area (Å²) in [6.45, 7) is 6.19. The highest BCUT2D eigenvalue weighted by molar-refractivity contribution is 7.19. The van der Waals surface area contributed by atoms with Crippen LogP contribution in [0, 0.1) is 0 Å². The van der Waals surface area contributed by atoms with E-state index in [0.717, 1.165) is 30.7 Å². The van der Waals surface area contributed by atoms with Gasteiger partial charge in [-0.3, -0.25) is 4.79 Å². The van der Waals surface area contributed by atoms with Gasteiger partial charge in [0.25, 0.3) is 5.91 Å². The molecule has 20 heavy (non-hydrogen) atoms. The summed E-state index contributed by atoms with van der Waals surface area (Å²) in [5.41, 5.74) is 1.87. The summed E-state index contributed by atoms with van der Waals surface area (Å²) in [4.78, 5) is 13.5. The van der Waals surface area contributed by atoms with Gasteiger partial charge in [-0.05, 0) is 31.9 Å². The first-order chi connectivity index (χ1) is 9.67. The maximum absolute atomic E-state index is 12.2. The lowest BCUT2D eigenvalue weighted by Crippen LogP contribution is -2.27. The Labute approximate surface area is 123 Å². The molecule has 2 aromatic heterocycles. The summed E-state index contributed by atoms with van der Waals surface area (Å²) in [6, 6.07) is 4.16. The Hall–Kier alpha value is -1.33. The number of ether oxygens (including phenoxy) is 1. The van der Waals surface area contributed by atoms with Crippen molar-refractivity contribution in [2.45, 2.75) is 26.7 Å². The van der Waals surface area contributed by atoms with E-state index in [0.29, 0.717) is 13.2 Å². The van der Waals surface area contributed by atoms with E-state index in [1.165, 1.54) is 9.58 Å². The number of hydrogen-bond acceptors (Lipinski definition) is 3. The molecule has 0 unspecified atom stereocenters. The Morgan fingerprint density at radius 2 is 2.20 bits per heavy atom. The molecule has 1 N–H and O–H groups in total. The second-order valence-corrected chi connectivity index (χ2v) is 5.88. The fourth-order valence-electron chi connectivity index (χ4n) is 2.17. The van der Waals surface area contributed by atoms with Crippen molar-refractivity contribution in [3.05, 3.63) is 22.7 Å². The highest BCUT2D eigenvalue weighted by Crippen LogP contribution is 2.28. The SMILES string of the molecule is CCOCCCNC(=O)c1cc2sc(CC)cc2n1C. The number of carbonyl (C=O) groups is 1. The Morgan fingerprint density at radius 1 is 1.40 bits per heavy atom. The summed E-state index contributed by atoms with van der Waals surface area (Å²) >= 11 is 1.76. The molecule has 0 aliphatic carbocycles. The fraction of sp³-hybridized carbons (Fsp3) is 0.533. The van der Waals surface area contributed by atoms with Gasteiger partial charge in [-0.25, -0.2) is 0 Å². The first-order valence-corrected chi connectivity index (χ1v) is 7.93. The van der Waals surface area contributed by atoms with Crippen molar-refractivity contribution in [3.63, 3.8) is 0 Å². The summed E-state index contributed by atoms with van der Waals surface area (Å²) in [5.74, 6) is -0.00885. The number of fused-ring (bicyclic) bond motifs is 1. The summed E-state index contributed by atoms with van der Waals surface area (Å²) in [7, 11) is 1.95. The lowest BCUT2D eigenvalue weighted by atomic mass is 10.3. The number of nitrogens with one attached hydrogen (secondary N) is 1. The number of thiophene rings is 1. The van der Waals surface area contributed by atoms with E-state index in [4.69, 9.17) is 4.74 Å². The molecule has 0 aliphatic rings. The third-order valence-corrected chi connectivity index (χ3v) is 4.53. The van der Waals surface area contributed by atoms with Crippen molar-refractivity contribution in [1.29, 1.82) is 0 Å². The van der Waals surface area contributed by atoms with Gasteiger partial charge in [0.05, 0.1) is 10.2 Å². The zero-order chi connectivity index (χ0) is 14.5. The smallest absolute Gasteiger partial charge is 0.267 e. The number of hydrogen-bond donors (Lipinski definition) is 1. The highest BCUT2D eigenvalue weighted by atomic mass is 32.1. The molecular weight excluding hydrogens is 272 g/mol. The minimum atomic E-state index is -0.00885. The van der Waals surface area contributed by atoms with Gasteiger partial charge < -0.3 is 14.6 Å². The molecule has 0 radical (unpaired) electrons. The Bertz CT molecular complexity index is 586. The Balaban J connectivity index is 1.99. The quantitative estimate of drug-likeness (QED) is 0.798. The monoisotopic (exact) mass is 294 g/mol. The minimum absolute atomic E-state index is 0.00885. The van der Waals surface area contributed by atoms with E-state index in [1.54, 1.807) is 11.3 Å². The number of aromatic nitrogens is 1. The van der Waals surface area contributed by atoms with Crippen LogP contribution in [0.5, 0.6) is 0 Å². The third kappa shape index (κ3) is 3.22. The molecule has 0 aliphatic heterocycles. The number of aryl methyl sites for hydroxylation is 2. The highest BCUT2D eigenvalue weighted by Gasteiger charge is 2.14. The van der Waals surface area contributed by atoms with Crippen LogP contribution in [-0.4, -0.2) is 30.2 Å². The topological polar surface area (TPSA) is 43.3 Å². The molecule has 2 aromatic rings. The van der Waals surface area contributed by atoms with Gasteiger partial charge >= 0.3 is 0 Å². The van der Waals surface area contributed by atoms with E-state index >= 15 is 0 Å². The molecule has 0 bridgehead atoms. The summed E-state index contributed by atoms with van der Waals surface area (Å²) in [5, 5.41) is 2.94. The third-order valence-electron chi connectivity index (χ3n) is 3.32. The standard InChI is InChI=1S/C15H22N2O2S/c1-4-11-9-12-14(20-11)10-13(17(12)3)15(18)16-7-6-8-19-5-2/h9-10H,4-8H2,1-3H3,(H,16,18). The van der Waals surface area contributed by atoms with Gasteiger partial charge in [0.15, 0.2) is 0 Å². The number of nitrogens with zero attached hydrogens (tertiary/aromatic N) is 1. The van der Waals surface area contributed by atoms with Crippen LogP contribution >= 0.6 is 11.3 Å². The van der Waals surface area contributed by atoms with E-state index in [1.807, 2.05) is 24.6 Å². The average molecular weight is 294 g/mol. The molecule has 5 heteroatoms. The van der Waals surface area contributed by atoms with Crippen molar-refractivity contribution in [1.82, 2.24) is 9.88 Å². The molecule has 2 rings (SSSR count). The minimum Gasteiger partial charge on any atom is -0.382 e. The van der Waals surface area contributed by atoms with Crippen LogP contribution < -0.4 is 5.32 Å². The number of amides is 1. The van der Waals surface area contributed by atoms with Crippen molar-refractivity contribution in [3.8, 4) is 0 Å². The van der Waals surface area contributed by atoms with E-state index in [9.17, 15) is 4.79 Å². The molecule has 2 heterocycles. The second-order valence-electron chi connectivity index (χ2n) is 4.71. The summed E-state index contributed by atoms with van der Waals surface area (Å²) < 4.78 is 8.41. The van der Waals surface area contributed by atoms with Crippen molar-refractivity contribution in [2.75, 3.05) is 19.8 Å². The van der Waals surface area contributed by atoms with Gasteiger partial charge in [-0.15, -0.1) is 11.3 Å². The molecule has 4 nitrogen and oxygen atoms in total. The lowest BCUT2D eigenvalue weighted by molar-refractivity contribution is 0.0936. The van der Waals surface area contributed by atoms with Crippen molar-refractivity contribution < 1.29 is 9.53 Å². The fourth-order valence-corrected chi connectivity index (χ4v) is 3.23. The average Bonchev–Trinajstić information content (AvgIpc) is 2.98. The first kappa shape index (κ1) is 15.1. The molecule has 0 saturated carbocycles. The molecule has 1 amide bonds. The normalized spacial score (nSPS) is 11.2. The van der Waals surface area contributed by atoms with Crippen LogP contribution in [0.15, 0.2) is 12.1 Å². The lowest BCUT2D eigenvalue weighted by Gasteiger charge is -2.06. The Morgan fingerprint density at radius 3 is 2.85 bits per heavy atom.